The third-order valence-electron chi connectivity index (χ3n) is 3.68. The van der Waals surface area contributed by atoms with Gasteiger partial charge in [-0.05, 0) is 36.9 Å². The first-order chi connectivity index (χ1) is 11.7. The molecule has 0 aromatic heterocycles. The van der Waals surface area contributed by atoms with Crippen LogP contribution < -0.4 is 19.5 Å². The number of benzene rings is 2. The minimum atomic E-state index is -0.0947. The van der Waals surface area contributed by atoms with Crippen LogP contribution >= 0.6 is 0 Å². The number of rotatable bonds is 6. The summed E-state index contributed by atoms with van der Waals surface area (Å²) >= 11 is 0. The Bertz CT molecular complexity index is 733. The van der Waals surface area contributed by atoms with Crippen LogP contribution in [0, 0.1) is 0 Å². The van der Waals surface area contributed by atoms with E-state index in [1.807, 2.05) is 54.4 Å². The summed E-state index contributed by atoms with van der Waals surface area (Å²) in [5.74, 6) is 2.06. The Kier molecular flexibility index (Phi) is 4.86. The molecule has 0 radical (unpaired) electrons. The molecule has 126 valence electrons. The van der Waals surface area contributed by atoms with E-state index in [1.165, 1.54) is 0 Å². The summed E-state index contributed by atoms with van der Waals surface area (Å²) in [6.45, 7) is 1.17. The molecule has 0 atom stereocenters. The number of hydrogen-bond donors (Lipinski definition) is 1. The van der Waals surface area contributed by atoms with Gasteiger partial charge < -0.3 is 19.5 Å². The summed E-state index contributed by atoms with van der Waals surface area (Å²) in [5, 5.41) is 2.87. The highest BCUT2D eigenvalue weighted by molar-refractivity contribution is 5.93. The summed E-state index contributed by atoms with van der Waals surface area (Å²) in [6.07, 6.45) is 0. The molecule has 1 aliphatic rings. The lowest BCUT2D eigenvalue weighted by atomic mass is 10.2. The van der Waals surface area contributed by atoms with Crippen LogP contribution in [-0.4, -0.2) is 38.3 Å². The number of nitrogens with zero attached hydrogens (tertiary/aromatic N) is 1. The predicted molar refractivity (Wildman–Crippen MR) is 90.5 cm³/mol. The molecule has 6 nitrogen and oxygen atoms in total. The van der Waals surface area contributed by atoms with Crippen molar-refractivity contribution >= 4 is 11.6 Å². The third-order valence-corrected chi connectivity index (χ3v) is 3.68. The number of carbonyl (C=O) groups excluding carboxylic acids is 1. The van der Waals surface area contributed by atoms with Gasteiger partial charge in [0.15, 0.2) is 11.5 Å². The maximum absolute atomic E-state index is 12.2. The van der Waals surface area contributed by atoms with E-state index in [1.54, 1.807) is 7.11 Å². The minimum Gasteiger partial charge on any atom is -0.495 e. The van der Waals surface area contributed by atoms with Crippen molar-refractivity contribution in [2.75, 3.05) is 32.8 Å². The lowest BCUT2D eigenvalue weighted by Crippen LogP contribution is -2.29. The smallest absolute Gasteiger partial charge is 0.238 e. The Morgan fingerprint density at radius 3 is 2.83 bits per heavy atom. The second-order valence-electron chi connectivity index (χ2n) is 5.61. The van der Waals surface area contributed by atoms with E-state index in [9.17, 15) is 4.79 Å². The van der Waals surface area contributed by atoms with Crippen LogP contribution in [0.1, 0.15) is 5.56 Å². The Hall–Kier alpha value is -2.73. The predicted octanol–water partition coefficient (Wildman–Crippen LogP) is 2.49. The van der Waals surface area contributed by atoms with E-state index in [-0.39, 0.29) is 19.2 Å². The number of ether oxygens (including phenoxy) is 3. The molecular formula is C18H20N2O4. The van der Waals surface area contributed by atoms with Crippen molar-refractivity contribution < 1.29 is 19.0 Å². The first kappa shape index (κ1) is 16.1. The van der Waals surface area contributed by atoms with Crippen molar-refractivity contribution in [1.29, 1.82) is 0 Å². The maximum Gasteiger partial charge on any atom is 0.238 e. The van der Waals surface area contributed by atoms with Crippen LogP contribution in [0.15, 0.2) is 42.5 Å². The molecule has 0 unspecified atom stereocenters. The van der Waals surface area contributed by atoms with Gasteiger partial charge >= 0.3 is 0 Å². The largest absolute Gasteiger partial charge is 0.495 e. The van der Waals surface area contributed by atoms with Gasteiger partial charge in [-0.2, -0.15) is 0 Å². The Morgan fingerprint density at radius 1 is 1.21 bits per heavy atom. The zero-order valence-electron chi connectivity index (χ0n) is 13.7. The molecule has 1 amide bonds. The summed E-state index contributed by atoms with van der Waals surface area (Å²) < 4.78 is 15.9. The topological polar surface area (TPSA) is 60.0 Å². The van der Waals surface area contributed by atoms with Crippen LogP contribution in [0.3, 0.4) is 0 Å². The molecule has 1 heterocycles. The zero-order chi connectivity index (χ0) is 16.9. The molecule has 2 aromatic rings. The number of anilines is 1. The number of amides is 1. The molecule has 0 spiro atoms. The molecule has 0 fully saturated rings. The van der Waals surface area contributed by atoms with Crippen molar-refractivity contribution in [2.45, 2.75) is 6.54 Å². The van der Waals surface area contributed by atoms with E-state index >= 15 is 0 Å². The van der Waals surface area contributed by atoms with Crippen LogP contribution in [0.25, 0.3) is 0 Å². The number of likely N-dealkylation sites (N-methyl/N-ethyl adjacent to an activating group) is 1. The fraction of sp³-hybridized carbons (Fsp3) is 0.278. The van der Waals surface area contributed by atoms with Gasteiger partial charge in [0.2, 0.25) is 12.7 Å². The van der Waals surface area contributed by atoms with Crippen LogP contribution in [0.4, 0.5) is 5.69 Å². The number of fused-ring (bicyclic) bond motifs is 1. The highest BCUT2D eigenvalue weighted by Crippen LogP contribution is 2.32. The molecule has 1 aliphatic heterocycles. The third kappa shape index (κ3) is 3.78. The normalized spacial score (nSPS) is 12.3. The standard InChI is InChI=1S/C18H20N2O4/c1-20(10-13-7-8-16-17(9-13)24-12-23-16)11-18(21)19-14-5-3-4-6-15(14)22-2/h3-9H,10-12H2,1-2H3,(H,19,21). The van der Waals surface area contributed by atoms with Crippen molar-refractivity contribution in [3.63, 3.8) is 0 Å². The van der Waals surface area contributed by atoms with E-state index in [0.717, 1.165) is 17.1 Å². The number of para-hydroxylation sites is 2. The van der Waals surface area contributed by atoms with Gasteiger partial charge in [-0.15, -0.1) is 0 Å². The van der Waals surface area contributed by atoms with Gasteiger partial charge in [0, 0.05) is 6.54 Å². The zero-order valence-corrected chi connectivity index (χ0v) is 13.7. The molecular weight excluding hydrogens is 308 g/mol. The van der Waals surface area contributed by atoms with Gasteiger partial charge in [0.25, 0.3) is 0 Å². The first-order valence-corrected chi connectivity index (χ1v) is 7.65. The molecule has 3 rings (SSSR count). The van der Waals surface area contributed by atoms with E-state index in [2.05, 4.69) is 5.32 Å². The van der Waals surface area contributed by atoms with E-state index in [4.69, 9.17) is 14.2 Å². The highest BCUT2D eigenvalue weighted by atomic mass is 16.7. The quantitative estimate of drug-likeness (QED) is 0.883. The number of hydrogen-bond acceptors (Lipinski definition) is 5. The SMILES string of the molecule is COc1ccccc1NC(=O)CN(C)Cc1ccc2c(c1)OCO2. The molecule has 0 aliphatic carbocycles. The monoisotopic (exact) mass is 328 g/mol. The van der Waals surface area contributed by atoms with Crippen LogP contribution in [-0.2, 0) is 11.3 Å². The maximum atomic E-state index is 12.2. The first-order valence-electron chi connectivity index (χ1n) is 7.65. The van der Waals surface area contributed by atoms with Gasteiger partial charge in [0.1, 0.15) is 5.75 Å². The molecule has 0 saturated carbocycles. The molecule has 2 aromatic carbocycles. The van der Waals surface area contributed by atoms with Crippen molar-refractivity contribution in [2.24, 2.45) is 0 Å². The Morgan fingerprint density at radius 2 is 2.00 bits per heavy atom. The fourth-order valence-electron chi connectivity index (χ4n) is 2.59. The second kappa shape index (κ2) is 7.23. The van der Waals surface area contributed by atoms with Gasteiger partial charge in [-0.1, -0.05) is 18.2 Å². The van der Waals surface area contributed by atoms with E-state index < -0.39 is 0 Å². The molecule has 1 N–H and O–H groups in total. The van der Waals surface area contributed by atoms with Gasteiger partial charge in [-0.3, -0.25) is 9.69 Å². The minimum absolute atomic E-state index is 0.0947. The lowest BCUT2D eigenvalue weighted by Gasteiger charge is -2.17. The van der Waals surface area contributed by atoms with Crippen LogP contribution in [0.5, 0.6) is 17.2 Å². The fourth-order valence-corrected chi connectivity index (χ4v) is 2.59. The molecule has 6 heteroatoms. The second-order valence-corrected chi connectivity index (χ2v) is 5.61. The number of methoxy groups -OCH3 is 1. The average molecular weight is 328 g/mol. The molecule has 0 bridgehead atoms. The average Bonchev–Trinajstić information content (AvgIpc) is 3.02. The Labute approximate surface area is 140 Å². The van der Waals surface area contributed by atoms with Gasteiger partial charge in [-0.25, -0.2) is 0 Å². The molecule has 0 saturated heterocycles. The highest BCUT2D eigenvalue weighted by Gasteiger charge is 2.15. The van der Waals surface area contributed by atoms with Crippen molar-refractivity contribution in [1.82, 2.24) is 4.90 Å². The lowest BCUT2D eigenvalue weighted by molar-refractivity contribution is -0.117. The summed E-state index contributed by atoms with van der Waals surface area (Å²) in [5.41, 5.74) is 1.73. The number of nitrogens with one attached hydrogen (secondary N) is 1. The van der Waals surface area contributed by atoms with Crippen molar-refractivity contribution in [3.8, 4) is 17.2 Å². The summed E-state index contributed by atoms with van der Waals surface area (Å²) in [4.78, 5) is 14.1. The Balaban J connectivity index is 1.56. The number of carbonyl (C=O) groups is 1. The van der Waals surface area contributed by atoms with Crippen LogP contribution in [0.2, 0.25) is 0 Å². The van der Waals surface area contributed by atoms with Crippen molar-refractivity contribution in [3.05, 3.63) is 48.0 Å². The van der Waals surface area contributed by atoms with E-state index in [0.29, 0.717) is 18.0 Å². The molecule has 24 heavy (non-hydrogen) atoms. The summed E-state index contributed by atoms with van der Waals surface area (Å²) in [6, 6.07) is 13.1. The van der Waals surface area contributed by atoms with Gasteiger partial charge in [0.05, 0.1) is 19.3 Å². The summed E-state index contributed by atoms with van der Waals surface area (Å²) in [7, 11) is 3.48.